The topological polar surface area (TPSA) is 64.3 Å². The van der Waals surface area contributed by atoms with Crippen LogP contribution in [0.3, 0.4) is 0 Å². The first kappa shape index (κ1) is 22.0. The Hall–Kier alpha value is -2.04. The zero-order valence-electron chi connectivity index (χ0n) is 15.6. The molecular formula is C21H29ClN2O2. The highest BCUT2D eigenvalue weighted by molar-refractivity contribution is 5.85. The van der Waals surface area contributed by atoms with Gasteiger partial charge in [0.25, 0.3) is 0 Å². The van der Waals surface area contributed by atoms with Gasteiger partial charge in [0, 0.05) is 12.6 Å². The van der Waals surface area contributed by atoms with Crippen LogP contribution in [0.5, 0.6) is 5.75 Å². The second-order valence-corrected chi connectivity index (χ2v) is 6.80. The number of nitrogens with one attached hydrogen (secondary N) is 1. The lowest BCUT2D eigenvalue weighted by atomic mass is 9.94. The normalized spacial score (nSPS) is 12.8. The van der Waals surface area contributed by atoms with Crippen molar-refractivity contribution in [3.05, 3.63) is 65.7 Å². The maximum absolute atomic E-state index is 12.4. The Balaban J connectivity index is 0.00000338. The Morgan fingerprint density at radius 1 is 1.08 bits per heavy atom. The molecule has 0 saturated heterocycles. The van der Waals surface area contributed by atoms with Crippen molar-refractivity contribution in [1.29, 1.82) is 0 Å². The lowest BCUT2D eigenvalue weighted by Crippen LogP contribution is -2.35. The minimum Gasteiger partial charge on any atom is -0.493 e. The van der Waals surface area contributed by atoms with E-state index in [0.717, 1.165) is 16.9 Å². The summed E-state index contributed by atoms with van der Waals surface area (Å²) in [5, 5.41) is 2.97. The van der Waals surface area contributed by atoms with E-state index in [1.807, 2.05) is 61.5 Å². The van der Waals surface area contributed by atoms with E-state index < -0.39 is 0 Å². The molecule has 0 spiro atoms. The predicted molar refractivity (Wildman–Crippen MR) is 108 cm³/mol. The molecule has 5 heteroatoms. The molecule has 0 aliphatic rings. The van der Waals surface area contributed by atoms with Gasteiger partial charge in [-0.05, 0) is 29.2 Å². The summed E-state index contributed by atoms with van der Waals surface area (Å²) in [7, 11) is 0. The summed E-state index contributed by atoms with van der Waals surface area (Å²) < 4.78 is 5.73. The van der Waals surface area contributed by atoms with Gasteiger partial charge in [-0.2, -0.15) is 0 Å². The molecule has 2 atom stereocenters. The molecule has 4 nitrogen and oxygen atoms in total. The number of hydrogen-bond acceptors (Lipinski definition) is 3. The average molecular weight is 377 g/mol. The second kappa shape index (κ2) is 10.8. The molecule has 142 valence electrons. The summed E-state index contributed by atoms with van der Waals surface area (Å²) in [5.41, 5.74) is 8.20. The molecule has 0 radical (unpaired) electrons. The van der Waals surface area contributed by atoms with Crippen LogP contribution in [0.1, 0.15) is 37.9 Å². The summed E-state index contributed by atoms with van der Waals surface area (Å²) >= 11 is 0. The number of carbonyl (C=O) groups is 1. The molecule has 0 aliphatic heterocycles. The lowest BCUT2D eigenvalue weighted by molar-refractivity contribution is -0.125. The number of nitrogens with two attached hydrogens (primary N) is 1. The second-order valence-electron chi connectivity index (χ2n) is 6.80. The molecule has 0 fully saturated rings. The van der Waals surface area contributed by atoms with Gasteiger partial charge in [0.2, 0.25) is 5.91 Å². The third-order valence-electron chi connectivity index (χ3n) is 4.09. The van der Waals surface area contributed by atoms with Crippen molar-refractivity contribution in [2.45, 2.75) is 33.4 Å². The highest BCUT2D eigenvalue weighted by Gasteiger charge is 2.21. The molecule has 2 aromatic rings. The van der Waals surface area contributed by atoms with Crippen molar-refractivity contribution in [2.75, 3.05) is 6.61 Å². The van der Waals surface area contributed by atoms with Crippen LogP contribution in [0.25, 0.3) is 0 Å². The number of rotatable bonds is 8. The number of ether oxygens (including phenoxy) is 1. The predicted octanol–water partition coefficient (Wildman–Crippen LogP) is 4.10. The van der Waals surface area contributed by atoms with Crippen molar-refractivity contribution in [3.63, 3.8) is 0 Å². The summed E-state index contributed by atoms with van der Waals surface area (Å²) in [6.45, 7) is 7.22. The molecule has 2 rings (SSSR count). The fraction of sp³-hybridized carbons (Fsp3) is 0.381. The van der Waals surface area contributed by atoms with Crippen molar-refractivity contribution < 1.29 is 9.53 Å². The van der Waals surface area contributed by atoms with E-state index in [1.54, 1.807) is 0 Å². The van der Waals surface area contributed by atoms with Gasteiger partial charge in [0.15, 0.2) is 0 Å². The Labute approximate surface area is 162 Å². The quantitative estimate of drug-likeness (QED) is 0.729. The minimum atomic E-state index is -0.318. The molecule has 0 bridgehead atoms. The first-order valence-electron chi connectivity index (χ1n) is 8.77. The Morgan fingerprint density at radius 2 is 1.77 bits per heavy atom. The maximum Gasteiger partial charge on any atom is 0.225 e. The number of amides is 1. The first-order chi connectivity index (χ1) is 12.0. The van der Waals surface area contributed by atoms with Crippen LogP contribution in [0, 0.1) is 11.8 Å². The summed E-state index contributed by atoms with van der Waals surface area (Å²) in [6, 6.07) is 17.2. The first-order valence-corrected chi connectivity index (χ1v) is 8.77. The van der Waals surface area contributed by atoms with Crippen LogP contribution < -0.4 is 15.8 Å². The molecule has 0 aromatic heterocycles. The van der Waals surface area contributed by atoms with E-state index in [1.165, 1.54) is 0 Å². The number of halogens is 1. The molecule has 0 aliphatic carbocycles. The third-order valence-corrected chi connectivity index (χ3v) is 4.09. The van der Waals surface area contributed by atoms with Crippen molar-refractivity contribution in [3.8, 4) is 5.75 Å². The van der Waals surface area contributed by atoms with Crippen LogP contribution >= 0.6 is 12.4 Å². The van der Waals surface area contributed by atoms with Crippen LogP contribution in [-0.4, -0.2) is 12.5 Å². The Bertz CT molecular complexity index is 677. The molecular weight excluding hydrogens is 348 g/mol. The molecule has 3 N–H and O–H groups in total. The molecule has 26 heavy (non-hydrogen) atoms. The van der Waals surface area contributed by atoms with Crippen molar-refractivity contribution >= 4 is 18.3 Å². The summed E-state index contributed by atoms with van der Waals surface area (Å²) in [4.78, 5) is 12.4. The third kappa shape index (κ3) is 6.70. The molecule has 2 unspecified atom stereocenters. The van der Waals surface area contributed by atoms with E-state index in [-0.39, 0.29) is 30.3 Å². The highest BCUT2D eigenvalue weighted by atomic mass is 35.5. The van der Waals surface area contributed by atoms with Crippen LogP contribution in [0.4, 0.5) is 0 Å². The largest absolute Gasteiger partial charge is 0.493 e. The molecule has 2 aromatic carbocycles. The van der Waals surface area contributed by atoms with Gasteiger partial charge in [0.1, 0.15) is 5.75 Å². The van der Waals surface area contributed by atoms with E-state index in [4.69, 9.17) is 10.5 Å². The van der Waals surface area contributed by atoms with Gasteiger partial charge < -0.3 is 15.8 Å². The SMILES string of the molecule is CC(C)COc1cccc(CNC(=O)C(C)C(N)c2ccccc2)c1.Cl. The van der Waals surface area contributed by atoms with Crippen molar-refractivity contribution in [1.82, 2.24) is 5.32 Å². The average Bonchev–Trinajstić information content (AvgIpc) is 2.64. The van der Waals surface area contributed by atoms with Gasteiger partial charge in [0.05, 0.1) is 12.5 Å². The van der Waals surface area contributed by atoms with E-state index >= 15 is 0 Å². The van der Waals surface area contributed by atoms with Crippen LogP contribution in [-0.2, 0) is 11.3 Å². The number of benzene rings is 2. The van der Waals surface area contributed by atoms with Crippen LogP contribution in [0.2, 0.25) is 0 Å². The summed E-state index contributed by atoms with van der Waals surface area (Å²) in [6.07, 6.45) is 0. The molecule has 0 saturated carbocycles. The Morgan fingerprint density at radius 3 is 2.42 bits per heavy atom. The Kier molecular flexibility index (Phi) is 9.17. The molecule has 0 heterocycles. The van der Waals surface area contributed by atoms with Gasteiger partial charge in [-0.3, -0.25) is 4.79 Å². The minimum absolute atomic E-state index is 0. The van der Waals surface area contributed by atoms with Crippen LogP contribution in [0.15, 0.2) is 54.6 Å². The standard InChI is InChI=1S/C21H28N2O2.ClH/c1-15(2)14-25-19-11-7-8-17(12-19)13-23-21(24)16(3)20(22)18-9-5-4-6-10-18;/h4-12,15-16,20H,13-14,22H2,1-3H3,(H,23,24);1H. The lowest BCUT2D eigenvalue weighted by Gasteiger charge is -2.20. The van der Waals surface area contributed by atoms with E-state index in [2.05, 4.69) is 19.2 Å². The van der Waals surface area contributed by atoms with E-state index in [9.17, 15) is 4.79 Å². The fourth-order valence-corrected chi connectivity index (χ4v) is 2.49. The van der Waals surface area contributed by atoms with Crippen molar-refractivity contribution in [2.24, 2.45) is 17.6 Å². The number of carbonyl (C=O) groups excluding carboxylic acids is 1. The zero-order chi connectivity index (χ0) is 18.2. The molecule has 1 amide bonds. The van der Waals surface area contributed by atoms with E-state index in [0.29, 0.717) is 19.1 Å². The van der Waals surface area contributed by atoms with Gasteiger partial charge >= 0.3 is 0 Å². The van der Waals surface area contributed by atoms with Gasteiger partial charge in [-0.25, -0.2) is 0 Å². The summed E-state index contributed by atoms with van der Waals surface area (Å²) in [5.74, 6) is 0.950. The number of hydrogen-bond donors (Lipinski definition) is 2. The van der Waals surface area contributed by atoms with Gasteiger partial charge in [-0.1, -0.05) is 63.2 Å². The highest BCUT2D eigenvalue weighted by Crippen LogP contribution is 2.19. The maximum atomic E-state index is 12.4. The monoisotopic (exact) mass is 376 g/mol. The van der Waals surface area contributed by atoms with Gasteiger partial charge in [-0.15, -0.1) is 12.4 Å². The fourth-order valence-electron chi connectivity index (χ4n) is 2.49. The zero-order valence-corrected chi connectivity index (χ0v) is 16.5. The smallest absolute Gasteiger partial charge is 0.225 e.